The van der Waals surface area contributed by atoms with E-state index in [1.165, 1.54) is 6.08 Å². The summed E-state index contributed by atoms with van der Waals surface area (Å²) in [7, 11) is 1.62. The van der Waals surface area contributed by atoms with Crippen molar-refractivity contribution < 1.29 is 19.0 Å². The fourth-order valence-electron chi connectivity index (χ4n) is 2.50. The van der Waals surface area contributed by atoms with E-state index in [9.17, 15) is 4.79 Å². The molecule has 1 aliphatic heterocycles. The third-order valence-electron chi connectivity index (χ3n) is 3.62. The Morgan fingerprint density at radius 1 is 1.17 bits per heavy atom. The number of methoxy groups -OCH3 is 1. The van der Waals surface area contributed by atoms with Gasteiger partial charge in [0.15, 0.2) is 0 Å². The van der Waals surface area contributed by atoms with Gasteiger partial charge in [0.2, 0.25) is 0 Å². The first-order valence-corrected chi connectivity index (χ1v) is 7.73. The van der Waals surface area contributed by atoms with Crippen molar-refractivity contribution >= 4 is 17.6 Å². The van der Waals surface area contributed by atoms with Crippen LogP contribution in [0.15, 0.2) is 60.4 Å². The van der Waals surface area contributed by atoms with Gasteiger partial charge in [0.1, 0.15) is 17.3 Å². The number of allylic oxidation sites excluding steroid dienone is 1. The Kier molecular flexibility index (Phi) is 4.66. The maximum Gasteiger partial charge on any atom is 0.334 e. The molecule has 1 aliphatic rings. The van der Waals surface area contributed by atoms with E-state index in [0.29, 0.717) is 18.1 Å². The summed E-state index contributed by atoms with van der Waals surface area (Å²) in [4.78, 5) is 11.9. The first-order valence-electron chi connectivity index (χ1n) is 7.73. The fraction of sp³-hybridized carbons (Fsp3) is 0.150. The molecule has 4 nitrogen and oxygen atoms in total. The van der Waals surface area contributed by atoms with E-state index < -0.39 is 5.97 Å². The first-order chi connectivity index (χ1) is 11.7. The minimum atomic E-state index is -0.425. The van der Waals surface area contributed by atoms with Crippen LogP contribution >= 0.6 is 0 Å². The van der Waals surface area contributed by atoms with E-state index in [2.05, 4.69) is 0 Å². The zero-order chi connectivity index (χ0) is 16.9. The second-order valence-corrected chi connectivity index (χ2v) is 5.19. The molecular formula is C20H18O4. The summed E-state index contributed by atoms with van der Waals surface area (Å²) < 4.78 is 16.2. The minimum Gasteiger partial charge on any atom is -0.497 e. The van der Waals surface area contributed by atoms with E-state index in [1.54, 1.807) is 14.0 Å². The number of hydrogen-bond acceptors (Lipinski definition) is 4. The van der Waals surface area contributed by atoms with Crippen molar-refractivity contribution in [1.82, 2.24) is 0 Å². The van der Waals surface area contributed by atoms with Crippen molar-refractivity contribution in [2.75, 3.05) is 13.7 Å². The molecule has 3 rings (SSSR count). The quantitative estimate of drug-likeness (QED) is 0.628. The molecule has 0 saturated heterocycles. The van der Waals surface area contributed by atoms with E-state index >= 15 is 0 Å². The SMILES string of the molecule is CCOC(=O)/C=C1\Oc2ccc(OC)cc2C=C1c1ccccc1. The monoisotopic (exact) mass is 322 g/mol. The summed E-state index contributed by atoms with van der Waals surface area (Å²) >= 11 is 0. The van der Waals surface area contributed by atoms with Crippen molar-refractivity contribution in [1.29, 1.82) is 0 Å². The molecular weight excluding hydrogens is 304 g/mol. The van der Waals surface area contributed by atoms with Crippen LogP contribution in [0.5, 0.6) is 11.5 Å². The molecule has 122 valence electrons. The Morgan fingerprint density at radius 3 is 2.67 bits per heavy atom. The molecule has 0 atom stereocenters. The number of rotatable bonds is 4. The molecule has 2 aromatic carbocycles. The lowest BCUT2D eigenvalue weighted by atomic mass is 9.98. The molecule has 0 unspecified atom stereocenters. The summed E-state index contributed by atoms with van der Waals surface area (Å²) in [5, 5.41) is 0. The van der Waals surface area contributed by atoms with Gasteiger partial charge in [0, 0.05) is 11.1 Å². The molecule has 0 amide bonds. The Labute approximate surface area is 141 Å². The molecule has 1 heterocycles. The average Bonchev–Trinajstić information content (AvgIpc) is 2.61. The van der Waals surface area contributed by atoms with Crippen molar-refractivity contribution in [3.8, 4) is 11.5 Å². The van der Waals surface area contributed by atoms with Gasteiger partial charge < -0.3 is 14.2 Å². The highest BCUT2D eigenvalue weighted by atomic mass is 16.5. The second-order valence-electron chi connectivity index (χ2n) is 5.19. The Morgan fingerprint density at radius 2 is 1.96 bits per heavy atom. The van der Waals surface area contributed by atoms with Crippen molar-refractivity contribution in [3.05, 3.63) is 71.5 Å². The smallest absolute Gasteiger partial charge is 0.334 e. The number of esters is 1. The lowest BCUT2D eigenvalue weighted by Crippen LogP contribution is -2.09. The fourth-order valence-corrected chi connectivity index (χ4v) is 2.50. The van der Waals surface area contributed by atoms with E-state index in [1.807, 2.05) is 54.6 Å². The predicted octanol–water partition coefficient (Wildman–Crippen LogP) is 4.08. The van der Waals surface area contributed by atoms with Gasteiger partial charge in [0.05, 0.1) is 19.8 Å². The molecule has 24 heavy (non-hydrogen) atoms. The molecule has 0 fully saturated rings. The standard InChI is InChI=1S/C20H18O4/c1-3-23-20(21)13-19-17(14-7-5-4-6-8-14)12-15-11-16(22-2)9-10-18(15)24-19/h4-13H,3H2,1-2H3/b19-13-. The maximum absolute atomic E-state index is 11.9. The molecule has 0 bridgehead atoms. The van der Waals surface area contributed by atoms with Gasteiger partial charge in [-0.05, 0) is 36.8 Å². The van der Waals surface area contributed by atoms with Gasteiger partial charge in [-0.2, -0.15) is 0 Å². The Hall–Kier alpha value is -3.01. The number of ether oxygens (including phenoxy) is 3. The summed E-state index contributed by atoms with van der Waals surface area (Å²) in [6.45, 7) is 2.09. The van der Waals surface area contributed by atoms with Gasteiger partial charge in [-0.1, -0.05) is 30.3 Å². The Balaban J connectivity index is 2.09. The molecule has 0 N–H and O–H groups in total. The van der Waals surface area contributed by atoms with Crippen LogP contribution in [0.2, 0.25) is 0 Å². The Bertz CT molecular complexity index is 804. The van der Waals surface area contributed by atoms with Crippen LogP contribution < -0.4 is 9.47 Å². The summed E-state index contributed by atoms with van der Waals surface area (Å²) in [6.07, 6.45) is 3.37. The van der Waals surface area contributed by atoms with Crippen molar-refractivity contribution in [2.45, 2.75) is 6.92 Å². The lowest BCUT2D eigenvalue weighted by Gasteiger charge is -2.21. The minimum absolute atomic E-state index is 0.320. The van der Waals surface area contributed by atoms with Crippen molar-refractivity contribution in [3.63, 3.8) is 0 Å². The highest BCUT2D eigenvalue weighted by Crippen LogP contribution is 2.38. The van der Waals surface area contributed by atoms with Crippen LogP contribution in [0, 0.1) is 0 Å². The zero-order valence-corrected chi connectivity index (χ0v) is 13.6. The topological polar surface area (TPSA) is 44.8 Å². The number of benzene rings is 2. The highest BCUT2D eigenvalue weighted by molar-refractivity contribution is 5.97. The summed E-state index contributed by atoms with van der Waals surface area (Å²) in [5.41, 5.74) is 2.68. The maximum atomic E-state index is 11.9. The average molecular weight is 322 g/mol. The molecule has 4 heteroatoms. The number of hydrogen-bond donors (Lipinski definition) is 0. The zero-order valence-electron chi connectivity index (χ0n) is 13.6. The normalized spacial score (nSPS) is 14.4. The predicted molar refractivity (Wildman–Crippen MR) is 92.7 cm³/mol. The van der Waals surface area contributed by atoms with Gasteiger partial charge >= 0.3 is 5.97 Å². The molecule has 0 saturated carbocycles. The number of fused-ring (bicyclic) bond motifs is 1. The van der Waals surface area contributed by atoms with Crippen molar-refractivity contribution in [2.24, 2.45) is 0 Å². The molecule has 0 radical (unpaired) electrons. The highest BCUT2D eigenvalue weighted by Gasteiger charge is 2.20. The molecule has 0 spiro atoms. The van der Waals surface area contributed by atoms with Gasteiger partial charge in [-0.3, -0.25) is 0 Å². The number of carbonyl (C=O) groups is 1. The van der Waals surface area contributed by atoms with Crippen LogP contribution in [-0.2, 0) is 9.53 Å². The van der Waals surface area contributed by atoms with Gasteiger partial charge in [-0.25, -0.2) is 4.79 Å². The largest absolute Gasteiger partial charge is 0.497 e. The molecule has 0 aliphatic carbocycles. The lowest BCUT2D eigenvalue weighted by molar-refractivity contribution is -0.137. The van der Waals surface area contributed by atoms with Crippen LogP contribution in [0.1, 0.15) is 18.1 Å². The second kappa shape index (κ2) is 7.04. The van der Waals surface area contributed by atoms with Crippen LogP contribution in [0.4, 0.5) is 0 Å². The number of carbonyl (C=O) groups excluding carboxylic acids is 1. The molecule has 2 aromatic rings. The van der Waals surface area contributed by atoms with E-state index in [-0.39, 0.29) is 0 Å². The van der Waals surface area contributed by atoms with E-state index in [0.717, 1.165) is 22.4 Å². The first kappa shape index (κ1) is 15.9. The van der Waals surface area contributed by atoms with Crippen LogP contribution in [0.25, 0.3) is 11.6 Å². The van der Waals surface area contributed by atoms with Gasteiger partial charge in [0.25, 0.3) is 0 Å². The third-order valence-corrected chi connectivity index (χ3v) is 3.62. The summed E-state index contributed by atoms with van der Waals surface area (Å²) in [6, 6.07) is 15.3. The summed E-state index contributed by atoms with van der Waals surface area (Å²) in [5.74, 6) is 1.47. The van der Waals surface area contributed by atoms with Crippen LogP contribution in [0.3, 0.4) is 0 Å². The third kappa shape index (κ3) is 3.33. The van der Waals surface area contributed by atoms with E-state index in [4.69, 9.17) is 14.2 Å². The molecule has 0 aromatic heterocycles. The van der Waals surface area contributed by atoms with Gasteiger partial charge in [-0.15, -0.1) is 0 Å². The van der Waals surface area contributed by atoms with Crippen LogP contribution in [-0.4, -0.2) is 19.7 Å².